The van der Waals surface area contributed by atoms with E-state index in [4.69, 9.17) is 9.47 Å². The lowest BCUT2D eigenvalue weighted by Crippen LogP contribution is -2.28. The Morgan fingerprint density at radius 1 is 1.17 bits per heavy atom. The monoisotopic (exact) mass is 403 g/mol. The highest BCUT2D eigenvalue weighted by atomic mass is 19.1. The summed E-state index contributed by atoms with van der Waals surface area (Å²) in [7, 11) is 1.60. The number of pyridine rings is 1. The zero-order valence-corrected chi connectivity index (χ0v) is 16.9. The topological polar surface area (TPSA) is 78.2 Å². The highest BCUT2D eigenvalue weighted by Crippen LogP contribution is 2.18. The number of aromatic nitrogens is 3. The minimum absolute atomic E-state index is 0.0106. The molecule has 3 aromatic rings. The molecule has 0 spiro atoms. The van der Waals surface area contributed by atoms with Gasteiger partial charge in [-0.15, -0.1) is 0 Å². The van der Waals surface area contributed by atoms with E-state index in [1.54, 1.807) is 11.6 Å². The van der Waals surface area contributed by atoms with E-state index in [2.05, 4.69) is 5.10 Å². The largest absolute Gasteiger partial charge is 0.487 e. The first-order valence-corrected chi connectivity index (χ1v) is 9.76. The summed E-state index contributed by atoms with van der Waals surface area (Å²) in [6.45, 7) is 4.99. The maximum absolute atomic E-state index is 13.1. The predicted molar refractivity (Wildman–Crippen MR) is 109 cm³/mol. The number of hydrogen-bond donors (Lipinski definition) is 1. The van der Waals surface area contributed by atoms with Gasteiger partial charge in [-0.1, -0.05) is 6.92 Å². The number of aromatic amines is 1. The summed E-state index contributed by atoms with van der Waals surface area (Å²) < 4.78 is 27.5. The Labute approximate surface area is 167 Å². The molecule has 2 heterocycles. The molecule has 0 radical (unpaired) electrons. The highest BCUT2D eigenvalue weighted by Gasteiger charge is 2.18. The first-order valence-electron chi connectivity index (χ1n) is 9.76. The molecule has 156 valence electrons. The smallest absolute Gasteiger partial charge is 0.276 e. The fourth-order valence-corrected chi connectivity index (χ4v) is 3.41. The quantitative estimate of drug-likeness (QED) is 0.596. The van der Waals surface area contributed by atoms with Crippen molar-refractivity contribution in [3.05, 3.63) is 62.6 Å². The number of fused-ring (bicyclic) bond motifs is 1. The van der Waals surface area contributed by atoms with Crippen molar-refractivity contribution < 1.29 is 13.9 Å². The molecule has 8 heteroatoms. The normalized spacial score (nSPS) is 12.4. The summed E-state index contributed by atoms with van der Waals surface area (Å²) in [6.07, 6.45) is 1.50. The molecule has 1 aromatic carbocycles. The number of halogens is 1. The molecule has 0 aliphatic rings. The second-order valence-corrected chi connectivity index (χ2v) is 6.86. The standard InChI is InChI=1S/C21H26FN3O4/c1-4-15(28-5-2)10-11-25-18(13-29-16-8-6-14(22)7-9-16)20-17(12-19(25)26)23-24(3)21(20)27/h6-9,12,15,23H,4-5,10-11,13H2,1-3H3. The molecular formula is C21H26FN3O4. The first kappa shape index (κ1) is 20.9. The van der Waals surface area contributed by atoms with Crippen molar-refractivity contribution in [2.75, 3.05) is 6.61 Å². The van der Waals surface area contributed by atoms with Crippen LogP contribution in [0.1, 0.15) is 32.4 Å². The van der Waals surface area contributed by atoms with Gasteiger partial charge in [0, 0.05) is 26.3 Å². The highest BCUT2D eigenvalue weighted by molar-refractivity contribution is 5.80. The Hall–Kier alpha value is -2.87. The molecule has 0 amide bonds. The van der Waals surface area contributed by atoms with E-state index >= 15 is 0 Å². The zero-order valence-electron chi connectivity index (χ0n) is 16.9. The van der Waals surface area contributed by atoms with Crippen molar-refractivity contribution in [1.82, 2.24) is 14.3 Å². The first-order chi connectivity index (χ1) is 13.9. The molecule has 3 rings (SSSR count). The molecule has 2 aromatic heterocycles. The van der Waals surface area contributed by atoms with Crippen LogP contribution in [0.2, 0.25) is 0 Å². The van der Waals surface area contributed by atoms with Crippen LogP contribution in [0.5, 0.6) is 5.75 Å². The summed E-state index contributed by atoms with van der Waals surface area (Å²) in [5.41, 5.74) is 0.505. The molecule has 1 unspecified atom stereocenters. The molecule has 0 saturated heterocycles. The average molecular weight is 403 g/mol. The molecule has 7 nitrogen and oxygen atoms in total. The van der Waals surface area contributed by atoms with Crippen molar-refractivity contribution in [1.29, 1.82) is 0 Å². The SMILES string of the molecule is CCOC(CC)CCn1c(COc2ccc(F)cc2)c2c(=O)n(C)[nH]c2cc1=O. The second kappa shape index (κ2) is 9.09. The third-order valence-electron chi connectivity index (χ3n) is 4.95. The van der Waals surface area contributed by atoms with Crippen LogP contribution in [-0.4, -0.2) is 27.1 Å². The molecule has 0 aliphatic heterocycles. The fourth-order valence-electron chi connectivity index (χ4n) is 3.41. The van der Waals surface area contributed by atoms with Gasteiger partial charge in [0.15, 0.2) is 0 Å². The number of rotatable bonds is 9. The van der Waals surface area contributed by atoms with Gasteiger partial charge in [-0.05, 0) is 44.0 Å². The van der Waals surface area contributed by atoms with Gasteiger partial charge in [-0.2, -0.15) is 0 Å². The fraction of sp³-hybridized carbons (Fsp3) is 0.429. The third-order valence-corrected chi connectivity index (χ3v) is 4.95. The molecular weight excluding hydrogens is 377 g/mol. The molecule has 0 fully saturated rings. The van der Waals surface area contributed by atoms with Gasteiger partial charge in [0.05, 0.1) is 22.7 Å². The Balaban J connectivity index is 1.99. The maximum Gasteiger partial charge on any atom is 0.276 e. The third kappa shape index (κ3) is 4.59. The summed E-state index contributed by atoms with van der Waals surface area (Å²) >= 11 is 0. The number of H-pyrrole nitrogens is 1. The molecule has 1 N–H and O–H groups in total. The minimum atomic E-state index is -0.364. The van der Waals surface area contributed by atoms with E-state index in [-0.39, 0.29) is 29.6 Å². The van der Waals surface area contributed by atoms with Crippen LogP contribution in [0.25, 0.3) is 10.9 Å². The Bertz CT molecular complexity index is 1080. The summed E-state index contributed by atoms with van der Waals surface area (Å²) in [5, 5.41) is 3.31. The van der Waals surface area contributed by atoms with E-state index in [0.717, 1.165) is 6.42 Å². The van der Waals surface area contributed by atoms with Gasteiger partial charge in [0.1, 0.15) is 18.2 Å². The lowest BCUT2D eigenvalue weighted by molar-refractivity contribution is 0.0507. The van der Waals surface area contributed by atoms with Crippen LogP contribution in [-0.2, 0) is 24.9 Å². The van der Waals surface area contributed by atoms with Crippen LogP contribution in [0.15, 0.2) is 39.9 Å². The Kier molecular flexibility index (Phi) is 6.53. The summed E-state index contributed by atoms with van der Waals surface area (Å²) in [6, 6.07) is 7.04. The number of nitrogens with one attached hydrogen (secondary N) is 1. The molecule has 0 saturated carbocycles. The van der Waals surface area contributed by atoms with Crippen molar-refractivity contribution in [2.24, 2.45) is 7.05 Å². The van der Waals surface area contributed by atoms with E-state index < -0.39 is 0 Å². The Morgan fingerprint density at radius 3 is 2.55 bits per heavy atom. The molecule has 0 aliphatic carbocycles. The summed E-state index contributed by atoms with van der Waals surface area (Å²) in [4.78, 5) is 25.4. The number of hydrogen-bond acceptors (Lipinski definition) is 4. The van der Waals surface area contributed by atoms with Crippen LogP contribution in [0.4, 0.5) is 4.39 Å². The van der Waals surface area contributed by atoms with Crippen molar-refractivity contribution in [3.8, 4) is 5.75 Å². The van der Waals surface area contributed by atoms with Gasteiger partial charge in [0.2, 0.25) is 0 Å². The van der Waals surface area contributed by atoms with E-state index in [1.165, 1.54) is 35.0 Å². The molecule has 1 atom stereocenters. The van der Waals surface area contributed by atoms with Crippen LogP contribution >= 0.6 is 0 Å². The van der Waals surface area contributed by atoms with Gasteiger partial charge >= 0.3 is 0 Å². The van der Waals surface area contributed by atoms with Gasteiger partial charge < -0.3 is 14.0 Å². The maximum atomic E-state index is 13.1. The average Bonchev–Trinajstić information content (AvgIpc) is 2.98. The second-order valence-electron chi connectivity index (χ2n) is 6.86. The van der Waals surface area contributed by atoms with Crippen LogP contribution in [0, 0.1) is 5.82 Å². The van der Waals surface area contributed by atoms with Gasteiger partial charge in [0.25, 0.3) is 11.1 Å². The number of benzene rings is 1. The number of nitrogens with zero attached hydrogens (tertiary/aromatic N) is 2. The zero-order chi connectivity index (χ0) is 21.0. The minimum Gasteiger partial charge on any atom is -0.487 e. The molecule has 29 heavy (non-hydrogen) atoms. The van der Waals surface area contributed by atoms with Crippen LogP contribution in [0.3, 0.4) is 0 Å². The van der Waals surface area contributed by atoms with E-state index in [0.29, 0.717) is 41.9 Å². The van der Waals surface area contributed by atoms with Crippen molar-refractivity contribution >= 4 is 10.9 Å². The lowest BCUT2D eigenvalue weighted by Gasteiger charge is -2.18. The van der Waals surface area contributed by atoms with E-state index in [1.807, 2.05) is 13.8 Å². The number of ether oxygens (including phenoxy) is 2. The van der Waals surface area contributed by atoms with E-state index in [9.17, 15) is 14.0 Å². The van der Waals surface area contributed by atoms with Gasteiger partial charge in [-0.25, -0.2) is 4.39 Å². The van der Waals surface area contributed by atoms with Gasteiger partial charge in [-0.3, -0.25) is 19.4 Å². The van der Waals surface area contributed by atoms with Crippen molar-refractivity contribution in [2.45, 2.75) is 45.9 Å². The molecule has 0 bridgehead atoms. The lowest BCUT2D eigenvalue weighted by atomic mass is 10.1. The predicted octanol–water partition coefficient (Wildman–Crippen LogP) is 2.95. The Morgan fingerprint density at radius 2 is 1.90 bits per heavy atom. The summed E-state index contributed by atoms with van der Waals surface area (Å²) in [5.74, 6) is 0.0907. The van der Waals surface area contributed by atoms with Crippen LogP contribution < -0.4 is 15.9 Å². The van der Waals surface area contributed by atoms with Crippen molar-refractivity contribution in [3.63, 3.8) is 0 Å². The number of aryl methyl sites for hydroxylation is 1.